The Morgan fingerprint density at radius 2 is 2.09 bits per heavy atom. The molecule has 0 saturated carbocycles. The van der Waals surface area contributed by atoms with E-state index in [4.69, 9.17) is 21.4 Å². The van der Waals surface area contributed by atoms with Crippen LogP contribution in [0.4, 0.5) is 5.13 Å². The van der Waals surface area contributed by atoms with Gasteiger partial charge in [-0.25, -0.2) is 9.97 Å². The highest BCUT2D eigenvalue weighted by Gasteiger charge is 2.33. The third-order valence-electron chi connectivity index (χ3n) is 5.14. The molecule has 2 aromatic rings. The smallest absolute Gasteiger partial charge is 0.322 e. The highest BCUT2D eigenvalue weighted by Crippen LogP contribution is 2.29. The van der Waals surface area contributed by atoms with Crippen molar-refractivity contribution < 1.29 is 24.2 Å². The number of carboxylic acid groups (broad SMARTS) is 1. The molecule has 174 valence electrons. The van der Waals surface area contributed by atoms with Gasteiger partial charge in [0.15, 0.2) is 16.1 Å². The van der Waals surface area contributed by atoms with Gasteiger partial charge in [0.25, 0.3) is 11.8 Å². The van der Waals surface area contributed by atoms with Crippen LogP contribution in [0.5, 0.6) is 0 Å². The van der Waals surface area contributed by atoms with Crippen molar-refractivity contribution in [2.45, 2.75) is 38.8 Å². The van der Waals surface area contributed by atoms with Crippen LogP contribution in [0.3, 0.4) is 0 Å². The van der Waals surface area contributed by atoms with Crippen LogP contribution >= 0.6 is 22.9 Å². The Hall–Kier alpha value is -2.70. The molecule has 2 aromatic heterocycles. The van der Waals surface area contributed by atoms with Gasteiger partial charge < -0.3 is 30.4 Å². The van der Waals surface area contributed by atoms with E-state index >= 15 is 0 Å². The summed E-state index contributed by atoms with van der Waals surface area (Å²) in [5.41, 5.74) is 1.23. The van der Waals surface area contributed by atoms with E-state index in [1.165, 1.54) is 11.3 Å². The molecule has 2 unspecified atom stereocenters. The molecule has 2 amide bonds. The monoisotopic (exact) mass is 484 g/mol. The molecular weight excluding hydrogens is 460 g/mol. The number of hydrogen-bond acceptors (Lipinski definition) is 8. The van der Waals surface area contributed by atoms with Crippen molar-refractivity contribution in [1.29, 1.82) is 0 Å². The van der Waals surface area contributed by atoms with E-state index in [2.05, 4.69) is 25.6 Å². The van der Waals surface area contributed by atoms with Gasteiger partial charge in [0.05, 0.1) is 23.5 Å². The number of rotatable bonds is 8. The van der Waals surface area contributed by atoms with Crippen molar-refractivity contribution in [3.63, 3.8) is 0 Å². The van der Waals surface area contributed by atoms with Crippen LogP contribution in [0, 0.1) is 6.92 Å². The molecule has 2 atom stereocenters. The molecule has 0 radical (unpaired) electrons. The number of nitrogens with one attached hydrogen (secondary N) is 3. The molecule has 4 N–H and O–H groups in total. The second-order valence-corrected chi connectivity index (χ2v) is 8.62. The summed E-state index contributed by atoms with van der Waals surface area (Å²) in [4.78, 5) is 49.4. The van der Waals surface area contributed by atoms with Gasteiger partial charge in [-0.1, -0.05) is 29.9 Å². The third kappa shape index (κ3) is 5.37. The number of aromatic nitrogens is 3. The van der Waals surface area contributed by atoms with Gasteiger partial charge in [0, 0.05) is 20.2 Å². The fourth-order valence-corrected chi connectivity index (χ4v) is 4.71. The first kappa shape index (κ1) is 24.0. The van der Waals surface area contributed by atoms with Crippen molar-refractivity contribution in [2.24, 2.45) is 0 Å². The zero-order chi connectivity index (χ0) is 23.4. The van der Waals surface area contributed by atoms with E-state index in [0.29, 0.717) is 47.3 Å². The van der Waals surface area contributed by atoms with Crippen LogP contribution in [0.25, 0.3) is 0 Å². The van der Waals surface area contributed by atoms with Gasteiger partial charge in [0.2, 0.25) is 0 Å². The molecule has 0 aliphatic carbocycles. The number of carbonyl (C=O) groups is 3. The molecule has 3 heterocycles. The first-order valence-electron chi connectivity index (χ1n) is 10.0. The fraction of sp³-hybridized carbons (Fsp3) is 0.526. The third-order valence-corrected chi connectivity index (χ3v) is 6.67. The SMILES string of the molecule is CCc1[nH]c(C(=O)NC2CCN(c3nc(C)c(C(=O)NCC(=O)O)s3)CC2OC)nc1Cl. The summed E-state index contributed by atoms with van der Waals surface area (Å²) in [6.07, 6.45) is 0.928. The Morgan fingerprint density at radius 3 is 2.72 bits per heavy atom. The van der Waals surface area contributed by atoms with E-state index in [1.54, 1.807) is 14.0 Å². The minimum Gasteiger partial charge on any atom is -0.480 e. The first-order chi connectivity index (χ1) is 15.2. The van der Waals surface area contributed by atoms with E-state index in [1.807, 2.05) is 11.8 Å². The summed E-state index contributed by atoms with van der Waals surface area (Å²) in [5.74, 6) is -1.77. The maximum Gasteiger partial charge on any atom is 0.322 e. The average molecular weight is 485 g/mol. The van der Waals surface area contributed by atoms with Crippen molar-refractivity contribution in [3.05, 3.63) is 27.2 Å². The molecule has 13 heteroatoms. The normalized spacial score (nSPS) is 18.4. The van der Waals surface area contributed by atoms with Crippen molar-refractivity contribution in [2.75, 3.05) is 31.6 Å². The molecule has 1 aliphatic heterocycles. The molecule has 0 spiro atoms. The number of thiazole rings is 1. The number of aliphatic carboxylic acids is 1. The first-order valence-corrected chi connectivity index (χ1v) is 11.2. The van der Waals surface area contributed by atoms with E-state index in [-0.39, 0.29) is 29.0 Å². The zero-order valence-corrected chi connectivity index (χ0v) is 19.5. The zero-order valence-electron chi connectivity index (χ0n) is 17.9. The Balaban J connectivity index is 1.65. The molecule has 0 bridgehead atoms. The maximum atomic E-state index is 12.6. The predicted molar refractivity (Wildman–Crippen MR) is 119 cm³/mol. The summed E-state index contributed by atoms with van der Waals surface area (Å²) in [7, 11) is 1.57. The number of nitrogens with zero attached hydrogens (tertiary/aromatic N) is 3. The largest absolute Gasteiger partial charge is 0.480 e. The average Bonchev–Trinajstić information content (AvgIpc) is 3.34. The lowest BCUT2D eigenvalue weighted by Gasteiger charge is -2.37. The summed E-state index contributed by atoms with van der Waals surface area (Å²) in [6.45, 7) is 4.22. The highest BCUT2D eigenvalue weighted by atomic mass is 35.5. The number of halogens is 1. The standard InChI is InChI=1S/C19H25ClN6O5S/c1-4-10-15(20)25-16(23-10)18(30)24-11-5-6-26(8-12(11)31-3)19-22-9(2)14(32-19)17(29)21-7-13(27)28/h11-12H,4-8H2,1-3H3,(H,21,29)(H,23,25)(H,24,30)(H,27,28). The van der Waals surface area contributed by atoms with Gasteiger partial charge in [-0.3, -0.25) is 14.4 Å². The fourth-order valence-electron chi connectivity index (χ4n) is 3.43. The maximum absolute atomic E-state index is 12.6. The second kappa shape index (κ2) is 10.3. The van der Waals surface area contributed by atoms with Crippen LogP contribution in [0.2, 0.25) is 5.15 Å². The lowest BCUT2D eigenvalue weighted by Crippen LogP contribution is -2.55. The van der Waals surface area contributed by atoms with Crippen molar-refractivity contribution in [1.82, 2.24) is 25.6 Å². The molecule has 1 fully saturated rings. The van der Waals surface area contributed by atoms with Crippen LogP contribution < -0.4 is 15.5 Å². The number of hydrogen-bond donors (Lipinski definition) is 4. The van der Waals surface area contributed by atoms with E-state index < -0.39 is 18.4 Å². The molecule has 11 nitrogen and oxygen atoms in total. The lowest BCUT2D eigenvalue weighted by molar-refractivity contribution is -0.135. The number of carbonyl (C=O) groups excluding carboxylic acids is 2. The Morgan fingerprint density at radius 1 is 1.34 bits per heavy atom. The molecule has 1 saturated heterocycles. The molecule has 3 rings (SSSR count). The van der Waals surface area contributed by atoms with Crippen LogP contribution in [0.15, 0.2) is 0 Å². The predicted octanol–water partition coefficient (Wildman–Crippen LogP) is 1.23. The minimum absolute atomic E-state index is 0.164. The molecule has 32 heavy (non-hydrogen) atoms. The van der Waals surface area contributed by atoms with Crippen LogP contribution in [0.1, 0.15) is 45.0 Å². The number of imidazole rings is 1. The Bertz CT molecular complexity index is 1010. The lowest BCUT2D eigenvalue weighted by atomic mass is 10.0. The highest BCUT2D eigenvalue weighted by molar-refractivity contribution is 7.17. The number of ether oxygens (including phenoxy) is 1. The van der Waals surface area contributed by atoms with Gasteiger partial charge in [-0.15, -0.1) is 0 Å². The Kier molecular flexibility index (Phi) is 7.69. The molecular formula is C19H25ClN6O5S. The summed E-state index contributed by atoms with van der Waals surface area (Å²) in [5, 5.41) is 15.0. The van der Waals surface area contributed by atoms with Gasteiger partial charge in [-0.05, 0) is 19.8 Å². The Labute approximate surface area is 193 Å². The topological polar surface area (TPSA) is 150 Å². The van der Waals surface area contributed by atoms with Crippen LogP contribution in [-0.4, -0.2) is 76.7 Å². The minimum atomic E-state index is -1.12. The number of carboxylic acids is 1. The summed E-state index contributed by atoms with van der Waals surface area (Å²) in [6, 6.07) is -0.239. The number of piperidine rings is 1. The van der Waals surface area contributed by atoms with Gasteiger partial charge >= 0.3 is 5.97 Å². The van der Waals surface area contributed by atoms with Crippen molar-refractivity contribution >= 4 is 45.9 Å². The van der Waals surface area contributed by atoms with Gasteiger partial charge in [0.1, 0.15) is 11.4 Å². The number of aryl methyl sites for hydroxylation is 2. The summed E-state index contributed by atoms with van der Waals surface area (Å²) < 4.78 is 5.61. The van der Waals surface area contributed by atoms with Gasteiger partial charge in [-0.2, -0.15) is 0 Å². The number of H-pyrrole nitrogens is 1. The number of aromatic amines is 1. The van der Waals surface area contributed by atoms with E-state index in [9.17, 15) is 14.4 Å². The second-order valence-electron chi connectivity index (χ2n) is 7.28. The summed E-state index contributed by atoms with van der Waals surface area (Å²) >= 11 is 7.22. The number of methoxy groups -OCH3 is 1. The van der Waals surface area contributed by atoms with E-state index in [0.717, 1.165) is 0 Å². The number of amides is 2. The van der Waals surface area contributed by atoms with Crippen LogP contribution in [-0.2, 0) is 16.0 Å². The molecule has 0 aromatic carbocycles. The quantitative estimate of drug-likeness (QED) is 0.437. The molecule has 1 aliphatic rings. The van der Waals surface area contributed by atoms with Crippen molar-refractivity contribution in [3.8, 4) is 0 Å². The number of anilines is 1.